The van der Waals surface area contributed by atoms with E-state index in [9.17, 15) is 9.59 Å². The van der Waals surface area contributed by atoms with Crippen molar-refractivity contribution in [3.63, 3.8) is 0 Å². The zero-order valence-electron chi connectivity index (χ0n) is 22.1. The molecule has 2 aromatic carbocycles. The third kappa shape index (κ3) is 6.01. The van der Waals surface area contributed by atoms with Gasteiger partial charge in [0.2, 0.25) is 5.91 Å². The van der Waals surface area contributed by atoms with Crippen LogP contribution in [0, 0.1) is 11.2 Å². The average molecular weight is 618 g/mol. The van der Waals surface area contributed by atoms with Crippen LogP contribution in [0.15, 0.2) is 65.3 Å². The van der Waals surface area contributed by atoms with E-state index in [0.29, 0.717) is 23.4 Å². The van der Waals surface area contributed by atoms with Gasteiger partial charge in [-0.1, -0.05) is 44.5 Å². The van der Waals surface area contributed by atoms with E-state index in [1.54, 1.807) is 48.7 Å². The van der Waals surface area contributed by atoms with E-state index in [-0.39, 0.29) is 16.0 Å². The first kappa shape index (κ1) is 29.1. The van der Waals surface area contributed by atoms with Gasteiger partial charge in [-0.3, -0.25) is 9.78 Å². The van der Waals surface area contributed by atoms with Crippen LogP contribution in [0.3, 0.4) is 0 Å². The summed E-state index contributed by atoms with van der Waals surface area (Å²) in [6.45, 7) is 6.24. The smallest absolute Gasteiger partial charge is 0.337 e. The Morgan fingerprint density at radius 3 is 2.46 bits per heavy atom. The number of methoxy groups -OCH3 is 1. The zero-order valence-corrected chi connectivity index (χ0v) is 24.4. The summed E-state index contributed by atoms with van der Waals surface area (Å²) in [6.07, 6.45) is 2.22. The third-order valence-corrected chi connectivity index (χ3v) is 7.73. The summed E-state index contributed by atoms with van der Waals surface area (Å²) in [5, 5.41) is 6.26. The minimum atomic E-state index is -1.27. The van der Waals surface area contributed by atoms with Crippen molar-refractivity contribution in [2.45, 2.75) is 50.7 Å². The fourth-order valence-corrected chi connectivity index (χ4v) is 5.62. The Balaban J connectivity index is 1.82. The van der Waals surface area contributed by atoms with Gasteiger partial charge in [-0.05, 0) is 75.8 Å². The van der Waals surface area contributed by atoms with Crippen LogP contribution in [-0.2, 0) is 15.1 Å². The number of pyridine rings is 1. The molecule has 0 bridgehead atoms. The minimum Gasteiger partial charge on any atom is -0.465 e. The van der Waals surface area contributed by atoms with Crippen LogP contribution >= 0.6 is 27.5 Å². The number of aromatic nitrogens is 1. The molecule has 0 aliphatic carbocycles. The first-order valence-corrected chi connectivity index (χ1v) is 13.6. The topological polar surface area (TPSA) is 106 Å². The lowest BCUT2D eigenvalue weighted by atomic mass is 9.70. The van der Waals surface area contributed by atoms with Crippen LogP contribution in [0.25, 0.3) is 0 Å². The molecule has 4 atom stereocenters. The summed E-state index contributed by atoms with van der Waals surface area (Å²) in [6, 6.07) is 13.3. The van der Waals surface area contributed by atoms with Gasteiger partial charge < -0.3 is 21.1 Å². The molecule has 1 fully saturated rings. The van der Waals surface area contributed by atoms with Crippen molar-refractivity contribution in [2.24, 2.45) is 11.1 Å². The number of carbonyl (C=O) groups excluding carboxylic acids is 2. The molecular formula is C29H31BrClFN4O3. The number of benzene rings is 2. The Bertz CT molecular complexity index is 1360. The van der Waals surface area contributed by atoms with Gasteiger partial charge in [-0.2, -0.15) is 0 Å². The lowest BCUT2D eigenvalue weighted by Gasteiger charge is -2.38. The molecule has 3 aromatic rings. The fourth-order valence-electron chi connectivity index (χ4n) is 5.21. The molecule has 7 nitrogen and oxygen atoms in total. The van der Waals surface area contributed by atoms with Gasteiger partial charge in [-0.15, -0.1) is 0 Å². The molecule has 10 heteroatoms. The van der Waals surface area contributed by atoms with Crippen molar-refractivity contribution in [3.05, 3.63) is 92.9 Å². The number of nitrogens with two attached hydrogens (primary N) is 1. The van der Waals surface area contributed by atoms with Crippen molar-refractivity contribution in [1.82, 2.24) is 10.3 Å². The number of hydrogen-bond acceptors (Lipinski definition) is 6. The molecule has 0 radical (unpaired) electrons. The van der Waals surface area contributed by atoms with Crippen LogP contribution < -0.4 is 16.4 Å². The van der Waals surface area contributed by atoms with E-state index in [4.69, 9.17) is 22.1 Å². The lowest BCUT2D eigenvalue weighted by Crippen LogP contribution is -2.52. The highest BCUT2D eigenvalue weighted by atomic mass is 79.9. The van der Waals surface area contributed by atoms with E-state index >= 15 is 4.39 Å². The number of nitrogens with one attached hydrogen (secondary N) is 2. The lowest BCUT2D eigenvalue weighted by molar-refractivity contribution is -0.118. The first-order chi connectivity index (χ1) is 18.3. The predicted molar refractivity (Wildman–Crippen MR) is 153 cm³/mol. The van der Waals surface area contributed by atoms with E-state index in [2.05, 4.69) is 52.3 Å². The Kier molecular flexibility index (Phi) is 8.47. The molecule has 4 rings (SSSR count). The van der Waals surface area contributed by atoms with Crippen LogP contribution in [-0.4, -0.2) is 36.1 Å². The summed E-state index contributed by atoms with van der Waals surface area (Å²) in [5.74, 6) is -2.38. The molecule has 1 aliphatic heterocycles. The zero-order chi connectivity index (χ0) is 28.5. The van der Waals surface area contributed by atoms with Crippen molar-refractivity contribution in [1.29, 1.82) is 0 Å². The predicted octanol–water partition coefficient (Wildman–Crippen LogP) is 5.78. The Labute approximate surface area is 240 Å². The second-order valence-electron chi connectivity index (χ2n) is 10.9. The molecule has 1 saturated heterocycles. The third-order valence-electron chi connectivity index (χ3n) is 6.97. The van der Waals surface area contributed by atoms with Gasteiger partial charge in [0.15, 0.2) is 0 Å². The maximum atomic E-state index is 15.6. The number of halogens is 3. The Morgan fingerprint density at radius 2 is 1.87 bits per heavy atom. The number of nitrogens with zero attached hydrogens (tertiary/aromatic N) is 1. The SMILES string of the molecule is COC(=O)c1ccc(NC(=O)C2NC(CC(C)(C)C)C(N)(c3ccc(Br)cn3)C2c2cccc(Cl)c2F)cc1. The summed E-state index contributed by atoms with van der Waals surface area (Å²) in [5.41, 5.74) is 7.40. The van der Waals surface area contributed by atoms with Crippen molar-refractivity contribution >= 4 is 45.1 Å². The second kappa shape index (κ2) is 11.3. The Morgan fingerprint density at radius 1 is 1.18 bits per heavy atom. The molecule has 1 aliphatic rings. The van der Waals surface area contributed by atoms with Crippen molar-refractivity contribution < 1.29 is 18.7 Å². The molecule has 0 saturated carbocycles. The highest BCUT2D eigenvalue weighted by molar-refractivity contribution is 9.10. The number of rotatable bonds is 6. The molecule has 0 spiro atoms. The molecule has 1 amide bonds. The maximum absolute atomic E-state index is 15.6. The number of ether oxygens (including phenoxy) is 1. The summed E-state index contributed by atoms with van der Waals surface area (Å²) in [7, 11) is 1.30. The van der Waals surface area contributed by atoms with Gasteiger partial charge in [0.05, 0.1) is 35.0 Å². The first-order valence-electron chi connectivity index (χ1n) is 12.4. The number of carbonyl (C=O) groups is 2. The molecule has 2 heterocycles. The van der Waals surface area contributed by atoms with E-state index < -0.39 is 41.2 Å². The minimum absolute atomic E-state index is 0.0598. The summed E-state index contributed by atoms with van der Waals surface area (Å²) in [4.78, 5) is 30.3. The summed E-state index contributed by atoms with van der Waals surface area (Å²) < 4.78 is 21.1. The van der Waals surface area contributed by atoms with Gasteiger partial charge in [0, 0.05) is 28.3 Å². The van der Waals surface area contributed by atoms with Crippen LogP contribution in [0.5, 0.6) is 0 Å². The monoisotopic (exact) mass is 616 g/mol. The van der Waals surface area contributed by atoms with Gasteiger partial charge in [0.1, 0.15) is 5.82 Å². The van der Waals surface area contributed by atoms with E-state index in [1.165, 1.54) is 13.2 Å². The standard InChI is InChI=1S/C29H31BrClFN4O3/c1-28(2,3)14-22-29(33,21-13-10-17(30)15-34-21)23(19-6-5-7-20(31)24(19)32)25(36-22)26(37)35-18-11-8-16(9-12-18)27(38)39-4/h5-13,15,22-23,25,36H,14,33H2,1-4H3,(H,35,37). The number of esters is 1. The van der Waals surface area contributed by atoms with Crippen LogP contribution in [0.4, 0.5) is 10.1 Å². The molecule has 4 unspecified atom stereocenters. The largest absolute Gasteiger partial charge is 0.465 e. The van der Waals surface area contributed by atoms with Crippen LogP contribution in [0.2, 0.25) is 5.02 Å². The average Bonchev–Trinajstić information content (AvgIpc) is 3.17. The van der Waals surface area contributed by atoms with Gasteiger partial charge in [-0.25, -0.2) is 9.18 Å². The van der Waals surface area contributed by atoms with Crippen LogP contribution in [0.1, 0.15) is 54.7 Å². The summed E-state index contributed by atoms with van der Waals surface area (Å²) >= 11 is 9.63. The number of amides is 1. The highest BCUT2D eigenvalue weighted by Gasteiger charge is 2.58. The maximum Gasteiger partial charge on any atom is 0.337 e. The number of hydrogen-bond donors (Lipinski definition) is 3. The van der Waals surface area contributed by atoms with E-state index in [0.717, 1.165) is 4.47 Å². The molecule has 39 heavy (non-hydrogen) atoms. The van der Waals surface area contributed by atoms with Crippen molar-refractivity contribution in [3.8, 4) is 0 Å². The van der Waals surface area contributed by atoms with Gasteiger partial charge in [0.25, 0.3) is 0 Å². The van der Waals surface area contributed by atoms with Crippen molar-refractivity contribution in [2.75, 3.05) is 12.4 Å². The Hall–Kier alpha value is -2.85. The molecular weight excluding hydrogens is 587 g/mol. The quantitative estimate of drug-likeness (QED) is 0.303. The van der Waals surface area contributed by atoms with E-state index in [1.807, 2.05) is 6.07 Å². The van der Waals surface area contributed by atoms with Gasteiger partial charge >= 0.3 is 5.97 Å². The normalized spacial score (nSPS) is 22.9. The highest BCUT2D eigenvalue weighted by Crippen LogP contribution is 2.48. The fraction of sp³-hybridized carbons (Fsp3) is 0.345. The number of anilines is 1. The molecule has 206 valence electrons. The second-order valence-corrected chi connectivity index (χ2v) is 12.3. The molecule has 1 aromatic heterocycles. The molecule has 4 N–H and O–H groups in total.